The number of hydrogen-bond acceptors (Lipinski definition) is 4. The van der Waals surface area contributed by atoms with Gasteiger partial charge < -0.3 is 9.80 Å². The zero-order valence-corrected chi connectivity index (χ0v) is 11.4. The summed E-state index contributed by atoms with van der Waals surface area (Å²) in [5, 5.41) is 0. The van der Waals surface area contributed by atoms with Crippen LogP contribution in [0.5, 0.6) is 0 Å². The first kappa shape index (κ1) is 14.4. The molecule has 5 nitrogen and oxygen atoms in total. The van der Waals surface area contributed by atoms with Gasteiger partial charge in [-0.2, -0.15) is 0 Å². The van der Waals surface area contributed by atoms with Crippen LogP contribution < -0.4 is 0 Å². The van der Waals surface area contributed by atoms with Crippen LogP contribution in [-0.4, -0.2) is 55.1 Å². The first-order valence-electron chi connectivity index (χ1n) is 6.04. The highest BCUT2D eigenvalue weighted by Crippen LogP contribution is 2.10. The SMILES string of the molecule is C=CC(=CC=C(C)[N+](=O)OC)N1CCN(C)CC1. The highest BCUT2D eigenvalue weighted by Gasteiger charge is 2.15. The van der Waals surface area contributed by atoms with Gasteiger partial charge in [-0.1, -0.05) is 6.58 Å². The molecule has 0 bridgehead atoms. The number of likely N-dealkylation sites (N-methyl/N-ethyl adjacent to an activating group) is 1. The summed E-state index contributed by atoms with van der Waals surface area (Å²) in [5.41, 5.74) is 1.54. The molecule has 1 heterocycles. The Kier molecular flexibility index (Phi) is 5.58. The third kappa shape index (κ3) is 4.00. The van der Waals surface area contributed by atoms with E-state index in [2.05, 4.69) is 28.3 Å². The van der Waals surface area contributed by atoms with E-state index < -0.39 is 0 Å². The summed E-state index contributed by atoms with van der Waals surface area (Å²) < 4.78 is 0. The Morgan fingerprint density at radius 3 is 2.39 bits per heavy atom. The van der Waals surface area contributed by atoms with E-state index in [1.54, 1.807) is 13.0 Å². The largest absolute Gasteiger partial charge is 0.369 e. The van der Waals surface area contributed by atoms with Gasteiger partial charge >= 0.3 is 0 Å². The lowest BCUT2D eigenvalue weighted by atomic mass is 10.2. The maximum Gasteiger partial charge on any atom is 0.290 e. The van der Waals surface area contributed by atoms with Crippen LogP contribution in [0.25, 0.3) is 0 Å². The minimum Gasteiger partial charge on any atom is -0.369 e. The van der Waals surface area contributed by atoms with E-state index in [0.29, 0.717) is 10.6 Å². The predicted molar refractivity (Wildman–Crippen MR) is 71.7 cm³/mol. The Bertz CT molecular complexity index is 366. The molecule has 1 saturated heterocycles. The first-order chi connectivity index (χ1) is 8.58. The fraction of sp³-hybridized carbons (Fsp3) is 0.538. The molecule has 0 N–H and O–H groups in total. The Balaban J connectivity index is 2.71. The maximum atomic E-state index is 11.2. The zero-order valence-electron chi connectivity index (χ0n) is 11.4. The molecular formula is C13H22N3O2+. The molecule has 0 unspecified atom stereocenters. The van der Waals surface area contributed by atoms with Crippen LogP contribution in [0.15, 0.2) is 36.2 Å². The molecule has 1 aliphatic rings. The van der Waals surface area contributed by atoms with Crippen LogP contribution in [0, 0.1) is 4.91 Å². The van der Waals surface area contributed by atoms with Gasteiger partial charge in [0.15, 0.2) is 7.11 Å². The van der Waals surface area contributed by atoms with Gasteiger partial charge in [0.1, 0.15) is 0 Å². The van der Waals surface area contributed by atoms with Gasteiger partial charge in [0.05, 0.1) is 4.91 Å². The van der Waals surface area contributed by atoms with E-state index in [4.69, 9.17) is 0 Å². The van der Waals surface area contributed by atoms with Gasteiger partial charge in [-0.05, 0) is 19.2 Å². The van der Waals surface area contributed by atoms with E-state index in [0.717, 1.165) is 31.9 Å². The lowest BCUT2D eigenvalue weighted by molar-refractivity contribution is -0.761. The fourth-order valence-electron chi connectivity index (χ4n) is 1.78. The third-order valence-corrected chi connectivity index (χ3v) is 3.03. The summed E-state index contributed by atoms with van der Waals surface area (Å²) in [4.78, 5) is 20.8. The van der Waals surface area contributed by atoms with E-state index >= 15 is 0 Å². The standard InChI is InChI=1S/C13H22N3O2/c1-5-13(7-6-12(2)16(17)18-4)15-10-8-14(3)9-11-15/h5-7H,1,8-11H2,2-4H3/q+1. The smallest absolute Gasteiger partial charge is 0.290 e. The summed E-state index contributed by atoms with van der Waals surface area (Å²) in [6.07, 6.45) is 5.46. The summed E-state index contributed by atoms with van der Waals surface area (Å²) in [7, 11) is 3.47. The van der Waals surface area contributed by atoms with E-state index in [1.165, 1.54) is 7.11 Å². The highest BCUT2D eigenvalue weighted by atomic mass is 16.8. The fourth-order valence-corrected chi connectivity index (χ4v) is 1.78. The minimum absolute atomic E-state index is 0.487. The number of piperazine rings is 1. The van der Waals surface area contributed by atoms with E-state index in [-0.39, 0.29) is 0 Å². The van der Waals surface area contributed by atoms with Crippen LogP contribution in [0.4, 0.5) is 0 Å². The van der Waals surface area contributed by atoms with Crippen LogP contribution in [0.2, 0.25) is 0 Å². The molecule has 0 aromatic carbocycles. The van der Waals surface area contributed by atoms with Gasteiger partial charge in [-0.25, -0.2) is 4.84 Å². The van der Waals surface area contributed by atoms with Gasteiger partial charge in [0, 0.05) is 44.9 Å². The van der Waals surface area contributed by atoms with Crippen molar-refractivity contribution in [3.63, 3.8) is 0 Å². The molecule has 0 saturated carbocycles. The van der Waals surface area contributed by atoms with Crippen molar-refractivity contribution in [2.45, 2.75) is 6.92 Å². The summed E-state index contributed by atoms with van der Waals surface area (Å²) in [6.45, 7) is 9.57. The zero-order chi connectivity index (χ0) is 13.5. The van der Waals surface area contributed by atoms with E-state index in [1.807, 2.05) is 12.2 Å². The Morgan fingerprint density at radius 2 is 1.89 bits per heavy atom. The Morgan fingerprint density at radius 1 is 1.28 bits per heavy atom. The number of rotatable bonds is 5. The average Bonchev–Trinajstić information content (AvgIpc) is 2.40. The quantitative estimate of drug-likeness (QED) is 0.549. The van der Waals surface area contributed by atoms with Crippen LogP contribution in [0.1, 0.15) is 6.92 Å². The molecule has 100 valence electrons. The van der Waals surface area contributed by atoms with Crippen LogP contribution in [0.3, 0.4) is 0 Å². The van der Waals surface area contributed by atoms with Crippen molar-refractivity contribution in [2.75, 3.05) is 40.3 Å². The number of hydrogen-bond donors (Lipinski definition) is 0. The number of allylic oxidation sites excluding steroid dienone is 4. The molecular weight excluding hydrogens is 230 g/mol. The Labute approximate surface area is 109 Å². The monoisotopic (exact) mass is 252 g/mol. The van der Waals surface area contributed by atoms with Gasteiger partial charge in [-0.3, -0.25) is 0 Å². The highest BCUT2D eigenvalue weighted by molar-refractivity contribution is 5.22. The molecule has 0 amide bonds. The van der Waals surface area contributed by atoms with Crippen LogP contribution in [-0.2, 0) is 4.84 Å². The normalized spacial score (nSPS) is 18.7. The molecule has 1 aliphatic heterocycles. The van der Waals surface area contributed by atoms with Crippen molar-refractivity contribution < 1.29 is 9.76 Å². The predicted octanol–water partition coefficient (Wildman–Crippen LogP) is 1.55. The van der Waals surface area contributed by atoms with Crippen molar-refractivity contribution >= 4 is 0 Å². The number of nitrogens with zero attached hydrogens (tertiary/aromatic N) is 3. The Hall–Kier alpha value is -1.62. The molecule has 0 aromatic heterocycles. The molecule has 5 heteroatoms. The maximum absolute atomic E-state index is 11.2. The molecule has 1 fully saturated rings. The average molecular weight is 252 g/mol. The second-order valence-electron chi connectivity index (χ2n) is 4.33. The van der Waals surface area contributed by atoms with E-state index in [9.17, 15) is 4.91 Å². The second kappa shape index (κ2) is 6.96. The van der Waals surface area contributed by atoms with Gasteiger partial charge in [0.25, 0.3) is 10.6 Å². The third-order valence-electron chi connectivity index (χ3n) is 3.03. The molecule has 0 aromatic rings. The first-order valence-corrected chi connectivity index (χ1v) is 6.04. The van der Waals surface area contributed by atoms with Crippen LogP contribution >= 0.6 is 0 Å². The molecule has 18 heavy (non-hydrogen) atoms. The second-order valence-corrected chi connectivity index (χ2v) is 4.33. The molecule has 1 rings (SSSR count). The lowest BCUT2D eigenvalue weighted by Crippen LogP contribution is -2.43. The summed E-state index contributed by atoms with van der Waals surface area (Å²) in [6, 6.07) is 0. The van der Waals surface area contributed by atoms with Gasteiger partial charge in [-0.15, -0.1) is 0 Å². The van der Waals surface area contributed by atoms with Crippen molar-refractivity contribution in [2.24, 2.45) is 0 Å². The molecule has 0 aliphatic carbocycles. The molecule has 0 spiro atoms. The van der Waals surface area contributed by atoms with Crippen molar-refractivity contribution in [1.29, 1.82) is 0 Å². The van der Waals surface area contributed by atoms with Gasteiger partial charge in [0.2, 0.25) is 0 Å². The summed E-state index contributed by atoms with van der Waals surface area (Å²) in [5.74, 6) is 0. The van der Waals surface area contributed by atoms with Crippen molar-refractivity contribution in [3.8, 4) is 0 Å². The summed E-state index contributed by atoms with van der Waals surface area (Å²) >= 11 is 0. The topological polar surface area (TPSA) is 35.8 Å². The van der Waals surface area contributed by atoms with Crippen molar-refractivity contribution in [3.05, 3.63) is 41.1 Å². The van der Waals surface area contributed by atoms with Crippen molar-refractivity contribution in [1.82, 2.24) is 9.80 Å². The molecule has 0 atom stereocenters. The minimum atomic E-state index is 0.487. The lowest BCUT2D eigenvalue weighted by Gasteiger charge is -2.34. The molecule has 0 radical (unpaired) electrons.